The van der Waals surface area contributed by atoms with Gasteiger partial charge in [0.2, 0.25) is 5.91 Å². The fourth-order valence-electron chi connectivity index (χ4n) is 1.93. The molecule has 6 heteroatoms. The maximum absolute atomic E-state index is 13.7. The third kappa shape index (κ3) is 5.75. The van der Waals surface area contributed by atoms with Gasteiger partial charge in [0.15, 0.2) is 0 Å². The Hall–Kier alpha value is -1.17. The van der Waals surface area contributed by atoms with Crippen molar-refractivity contribution in [3.8, 4) is 0 Å². The van der Waals surface area contributed by atoms with Crippen LogP contribution in [0.4, 0.5) is 10.1 Å². The molecule has 1 N–H and O–H groups in total. The van der Waals surface area contributed by atoms with Gasteiger partial charge in [-0.05, 0) is 35.6 Å². The largest absolute Gasteiger partial charge is 0.324 e. The first-order valence-corrected chi connectivity index (χ1v) is 9.65. The SMILES string of the molecule is CCSc1ccccc1NC(=O)CSCc1ccc(Cl)cc1F. The molecule has 122 valence electrons. The van der Waals surface area contributed by atoms with Gasteiger partial charge in [0, 0.05) is 15.7 Å². The Balaban J connectivity index is 1.86. The number of anilines is 1. The lowest BCUT2D eigenvalue weighted by atomic mass is 10.2. The van der Waals surface area contributed by atoms with Gasteiger partial charge in [0.1, 0.15) is 5.82 Å². The second-order valence-electron chi connectivity index (χ2n) is 4.71. The summed E-state index contributed by atoms with van der Waals surface area (Å²) in [5.74, 6) is 1.22. The minimum atomic E-state index is -0.338. The highest BCUT2D eigenvalue weighted by molar-refractivity contribution is 7.99. The average Bonchev–Trinajstić information content (AvgIpc) is 2.52. The first-order chi connectivity index (χ1) is 11.1. The average molecular weight is 370 g/mol. The Morgan fingerprint density at radius 3 is 2.78 bits per heavy atom. The van der Waals surface area contributed by atoms with Crippen molar-refractivity contribution in [3.05, 3.63) is 58.9 Å². The third-order valence-electron chi connectivity index (χ3n) is 2.97. The Morgan fingerprint density at radius 2 is 2.04 bits per heavy atom. The molecular weight excluding hydrogens is 353 g/mol. The number of amides is 1. The van der Waals surface area contributed by atoms with E-state index in [4.69, 9.17) is 11.6 Å². The molecule has 0 saturated heterocycles. The fourth-order valence-corrected chi connectivity index (χ4v) is 3.66. The Kier molecular flexibility index (Phi) is 7.27. The van der Waals surface area contributed by atoms with E-state index in [1.54, 1.807) is 23.9 Å². The number of para-hydroxylation sites is 1. The van der Waals surface area contributed by atoms with Crippen LogP contribution in [-0.4, -0.2) is 17.4 Å². The zero-order valence-electron chi connectivity index (χ0n) is 12.6. The first kappa shape index (κ1) is 18.2. The highest BCUT2D eigenvalue weighted by atomic mass is 35.5. The van der Waals surface area contributed by atoms with Crippen LogP contribution in [0.15, 0.2) is 47.4 Å². The number of halogens is 2. The van der Waals surface area contributed by atoms with Crippen molar-refractivity contribution in [2.45, 2.75) is 17.6 Å². The van der Waals surface area contributed by atoms with E-state index < -0.39 is 0 Å². The van der Waals surface area contributed by atoms with Crippen LogP contribution in [0.2, 0.25) is 5.02 Å². The molecule has 0 saturated carbocycles. The van der Waals surface area contributed by atoms with Gasteiger partial charge in [-0.2, -0.15) is 0 Å². The Labute approximate surface area is 149 Å². The Bertz CT molecular complexity index is 681. The summed E-state index contributed by atoms with van der Waals surface area (Å²) in [5.41, 5.74) is 1.37. The molecule has 2 rings (SSSR count). The number of carbonyl (C=O) groups excluding carboxylic acids is 1. The molecule has 0 atom stereocenters. The van der Waals surface area contributed by atoms with Crippen molar-refractivity contribution in [2.24, 2.45) is 0 Å². The molecule has 0 heterocycles. The van der Waals surface area contributed by atoms with E-state index in [-0.39, 0.29) is 17.5 Å². The molecule has 23 heavy (non-hydrogen) atoms. The maximum atomic E-state index is 13.7. The molecule has 0 unspecified atom stereocenters. The van der Waals surface area contributed by atoms with Crippen molar-refractivity contribution in [2.75, 3.05) is 16.8 Å². The standard InChI is InChI=1S/C17H17ClFNOS2/c1-2-23-16-6-4-3-5-15(16)20-17(21)11-22-10-12-7-8-13(18)9-14(12)19/h3-9H,2,10-11H2,1H3,(H,20,21). The van der Waals surface area contributed by atoms with E-state index in [9.17, 15) is 9.18 Å². The van der Waals surface area contributed by atoms with Crippen molar-refractivity contribution in [1.29, 1.82) is 0 Å². The fraction of sp³-hybridized carbons (Fsp3) is 0.235. The van der Waals surface area contributed by atoms with Gasteiger partial charge in [-0.1, -0.05) is 36.7 Å². The molecule has 1 amide bonds. The van der Waals surface area contributed by atoms with Crippen molar-refractivity contribution < 1.29 is 9.18 Å². The van der Waals surface area contributed by atoms with E-state index >= 15 is 0 Å². The predicted molar refractivity (Wildman–Crippen MR) is 99.0 cm³/mol. The van der Waals surface area contributed by atoms with Crippen LogP contribution in [0.5, 0.6) is 0 Å². The summed E-state index contributed by atoms with van der Waals surface area (Å²) in [5, 5.41) is 3.28. The molecule has 2 nitrogen and oxygen atoms in total. The van der Waals surface area contributed by atoms with Crippen LogP contribution in [0.1, 0.15) is 12.5 Å². The molecule has 0 aromatic heterocycles. The van der Waals surface area contributed by atoms with Crippen LogP contribution in [0, 0.1) is 5.82 Å². The summed E-state index contributed by atoms with van der Waals surface area (Å²) in [7, 11) is 0. The molecule has 2 aromatic rings. The molecule has 0 spiro atoms. The number of benzene rings is 2. The topological polar surface area (TPSA) is 29.1 Å². The number of nitrogens with one attached hydrogen (secondary N) is 1. The number of rotatable bonds is 7. The minimum absolute atomic E-state index is 0.0893. The van der Waals surface area contributed by atoms with Crippen LogP contribution < -0.4 is 5.32 Å². The molecule has 0 aliphatic heterocycles. The van der Waals surface area contributed by atoms with Gasteiger partial charge in [0.25, 0.3) is 0 Å². The summed E-state index contributed by atoms with van der Waals surface area (Å²) >= 11 is 8.77. The molecule has 0 bridgehead atoms. The summed E-state index contributed by atoms with van der Waals surface area (Å²) in [4.78, 5) is 13.1. The highest BCUT2D eigenvalue weighted by Gasteiger charge is 2.08. The first-order valence-electron chi connectivity index (χ1n) is 7.13. The summed E-state index contributed by atoms with van der Waals surface area (Å²) in [6, 6.07) is 12.3. The lowest BCUT2D eigenvalue weighted by molar-refractivity contribution is -0.113. The highest BCUT2D eigenvalue weighted by Crippen LogP contribution is 2.27. The lowest BCUT2D eigenvalue weighted by Crippen LogP contribution is -2.14. The van der Waals surface area contributed by atoms with Crippen LogP contribution in [0.3, 0.4) is 0 Å². The van der Waals surface area contributed by atoms with E-state index in [0.29, 0.717) is 16.3 Å². The second kappa shape index (κ2) is 9.21. The van der Waals surface area contributed by atoms with Gasteiger partial charge < -0.3 is 5.32 Å². The zero-order chi connectivity index (χ0) is 16.7. The summed E-state index contributed by atoms with van der Waals surface area (Å²) in [6.07, 6.45) is 0. The second-order valence-corrected chi connectivity index (χ2v) is 7.43. The van der Waals surface area contributed by atoms with Crippen molar-refractivity contribution in [3.63, 3.8) is 0 Å². The monoisotopic (exact) mass is 369 g/mol. The van der Waals surface area contributed by atoms with Gasteiger partial charge in [-0.3, -0.25) is 4.79 Å². The van der Waals surface area contributed by atoms with E-state index in [2.05, 4.69) is 12.2 Å². The van der Waals surface area contributed by atoms with Crippen LogP contribution >= 0.6 is 35.1 Å². The van der Waals surface area contributed by atoms with Gasteiger partial charge in [-0.15, -0.1) is 23.5 Å². The number of hydrogen-bond acceptors (Lipinski definition) is 3. The predicted octanol–water partition coefficient (Wildman–Crippen LogP) is 5.46. The van der Waals surface area contributed by atoms with Crippen molar-refractivity contribution in [1.82, 2.24) is 0 Å². The van der Waals surface area contributed by atoms with Crippen molar-refractivity contribution >= 4 is 46.7 Å². The lowest BCUT2D eigenvalue weighted by Gasteiger charge is -2.10. The zero-order valence-corrected chi connectivity index (χ0v) is 15.0. The number of carbonyl (C=O) groups is 1. The molecule has 0 aliphatic carbocycles. The van der Waals surface area contributed by atoms with Gasteiger partial charge in [0.05, 0.1) is 11.4 Å². The minimum Gasteiger partial charge on any atom is -0.324 e. The quantitative estimate of drug-likeness (QED) is 0.657. The molecule has 0 radical (unpaired) electrons. The summed E-state index contributed by atoms with van der Waals surface area (Å²) < 4.78 is 13.7. The molecule has 0 fully saturated rings. The summed E-state index contributed by atoms with van der Waals surface area (Å²) in [6.45, 7) is 2.07. The van der Waals surface area contributed by atoms with Gasteiger partial charge >= 0.3 is 0 Å². The molecular formula is C17H17ClFNOS2. The van der Waals surface area contributed by atoms with Crippen LogP contribution in [0.25, 0.3) is 0 Å². The number of thioether (sulfide) groups is 2. The maximum Gasteiger partial charge on any atom is 0.234 e. The Morgan fingerprint density at radius 1 is 1.26 bits per heavy atom. The third-order valence-corrected chi connectivity index (χ3v) is 5.14. The van der Waals surface area contributed by atoms with E-state index in [0.717, 1.165) is 16.3 Å². The van der Waals surface area contributed by atoms with Gasteiger partial charge in [-0.25, -0.2) is 4.39 Å². The normalized spacial score (nSPS) is 10.6. The molecule has 0 aliphatic rings. The van der Waals surface area contributed by atoms with E-state index in [1.165, 1.54) is 17.8 Å². The molecule has 2 aromatic carbocycles. The smallest absolute Gasteiger partial charge is 0.234 e. The van der Waals surface area contributed by atoms with Crippen LogP contribution in [-0.2, 0) is 10.5 Å². The number of hydrogen-bond donors (Lipinski definition) is 1. The van der Waals surface area contributed by atoms with E-state index in [1.807, 2.05) is 24.3 Å².